The van der Waals surface area contributed by atoms with E-state index in [0.717, 1.165) is 63.9 Å². The van der Waals surface area contributed by atoms with Crippen molar-refractivity contribution in [3.8, 4) is 0 Å². The van der Waals surface area contributed by atoms with Crippen molar-refractivity contribution >= 4 is 11.7 Å². The highest BCUT2D eigenvalue weighted by Gasteiger charge is 2.28. The van der Waals surface area contributed by atoms with Crippen LogP contribution >= 0.6 is 0 Å². The van der Waals surface area contributed by atoms with Gasteiger partial charge in [-0.15, -0.1) is 0 Å². The summed E-state index contributed by atoms with van der Waals surface area (Å²) in [7, 11) is 0. The van der Waals surface area contributed by atoms with Gasteiger partial charge in [0.15, 0.2) is 0 Å². The summed E-state index contributed by atoms with van der Waals surface area (Å²) in [5.74, 6) is 2.19. The van der Waals surface area contributed by atoms with Crippen LogP contribution in [0.4, 0.5) is 0 Å². The van der Waals surface area contributed by atoms with Gasteiger partial charge in [-0.3, -0.25) is 14.5 Å². The third-order valence-electron chi connectivity index (χ3n) is 7.74. The zero-order valence-electron chi connectivity index (χ0n) is 21.6. The lowest BCUT2D eigenvalue weighted by atomic mass is 9.92. The summed E-state index contributed by atoms with van der Waals surface area (Å²) in [4.78, 5) is 33.9. The summed E-state index contributed by atoms with van der Waals surface area (Å²) in [6.45, 7) is 19.7. The zero-order valence-corrected chi connectivity index (χ0v) is 21.6. The second-order valence-corrected chi connectivity index (χ2v) is 11.1. The zero-order chi connectivity index (χ0) is 23.8. The van der Waals surface area contributed by atoms with Gasteiger partial charge in [-0.2, -0.15) is 0 Å². The molecule has 0 unspecified atom stereocenters. The number of hydrogen-bond acceptors (Lipinski definition) is 6. The monoisotopic (exact) mass is 464 g/mol. The fourth-order valence-electron chi connectivity index (χ4n) is 5.31. The Morgan fingerprint density at radius 3 is 1.73 bits per heavy atom. The van der Waals surface area contributed by atoms with Crippen LogP contribution in [0.3, 0.4) is 0 Å². The molecule has 1 amide bonds. The van der Waals surface area contributed by atoms with Crippen molar-refractivity contribution in [1.29, 1.82) is 0 Å². The van der Waals surface area contributed by atoms with E-state index in [1.54, 1.807) is 0 Å². The first kappa shape index (κ1) is 26.6. The summed E-state index contributed by atoms with van der Waals surface area (Å²) in [6.07, 6.45) is 4.96. The van der Waals surface area contributed by atoms with Gasteiger partial charge in [0.25, 0.3) is 0 Å². The minimum Gasteiger partial charge on any atom is -0.369 e. The first-order valence-electron chi connectivity index (χ1n) is 13.4. The van der Waals surface area contributed by atoms with Crippen molar-refractivity contribution in [3.63, 3.8) is 0 Å². The van der Waals surface area contributed by atoms with Gasteiger partial charge in [-0.1, -0.05) is 13.8 Å². The second kappa shape index (κ2) is 13.2. The van der Waals surface area contributed by atoms with Crippen molar-refractivity contribution in [1.82, 2.24) is 19.6 Å². The number of rotatable bonds is 10. The first-order valence-corrected chi connectivity index (χ1v) is 13.4. The van der Waals surface area contributed by atoms with Crippen molar-refractivity contribution in [2.24, 2.45) is 17.8 Å². The van der Waals surface area contributed by atoms with E-state index in [4.69, 9.17) is 4.74 Å². The highest BCUT2D eigenvalue weighted by Crippen LogP contribution is 2.24. The summed E-state index contributed by atoms with van der Waals surface area (Å²) < 4.78 is 5.48. The Hall–Kier alpha value is -1.02. The van der Waals surface area contributed by atoms with Gasteiger partial charge >= 0.3 is 0 Å². The van der Waals surface area contributed by atoms with Crippen LogP contribution in [0.1, 0.15) is 53.4 Å². The highest BCUT2D eigenvalue weighted by atomic mass is 16.5. The van der Waals surface area contributed by atoms with Gasteiger partial charge in [0, 0.05) is 58.3 Å². The molecule has 3 aliphatic heterocycles. The molecular weight excluding hydrogens is 416 g/mol. The predicted molar refractivity (Wildman–Crippen MR) is 132 cm³/mol. The van der Waals surface area contributed by atoms with Crippen LogP contribution in [0.15, 0.2) is 0 Å². The largest absolute Gasteiger partial charge is 0.369 e. The topological polar surface area (TPSA) is 56.3 Å². The van der Waals surface area contributed by atoms with E-state index in [1.165, 1.54) is 39.0 Å². The Morgan fingerprint density at radius 1 is 0.727 bits per heavy atom. The summed E-state index contributed by atoms with van der Waals surface area (Å²) in [5, 5.41) is 0. The van der Waals surface area contributed by atoms with E-state index in [9.17, 15) is 9.59 Å². The van der Waals surface area contributed by atoms with E-state index in [0.29, 0.717) is 12.3 Å². The Balaban J connectivity index is 1.27. The van der Waals surface area contributed by atoms with E-state index < -0.39 is 0 Å². The van der Waals surface area contributed by atoms with Crippen LogP contribution in [0.25, 0.3) is 0 Å². The van der Waals surface area contributed by atoms with Crippen molar-refractivity contribution in [3.05, 3.63) is 0 Å². The SMILES string of the molecule is CC(C)OCC(=O)N1CCC(CN2CCC(CN3CCN(CC(=O)C(C)C)CC3)CC2)CC1. The molecule has 3 fully saturated rings. The summed E-state index contributed by atoms with van der Waals surface area (Å²) >= 11 is 0. The molecule has 0 N–H and O–H groups in total. The number of piperazine rings is 1. The minimum atomic E-state index is 0.111. The third-order valence-corrected chi connectivity index (χ3v) is 7.74. The number of carbonyl (C=O) groups excluding carboxylic acids is 2. The quantitative estimate of drug-likeness (QED) is 0.494. The van der Waals surface area contributed by atoms with Crippen LogP contribution in [-0.2, 0) is 14.3 Å². The van der Waals surface area contributed by atoms with Gasteiger partial charge in [0.2, 0.25) is 5.91 Å². The summed E-state index contributed by atoms with van der Waals surface area (Å²) in [5.41, 5.74) is 0. The molecular formula is C26H48N4O3. The average molecular weight is 465 g/mol. The number of amides is 1. The van der Waals surface area contributed by atoms with Crippen LogP contribution in [0.2, 0.25) is 0 Å². The molecule has 33 heavy (non-hydrogen) atoms. The Kier molecular flexibility index (Phi) is 10.6. The van der Waals surface area contributed by atoms with Crippen LogP contribution in [-0.4, -0.2) is 116 Å². The first-order chi connectivity index (χ1) is 15.8. The maximum Gasteiger partial charge on any atom is 0.248 e. The molecule has 7 nitrogen and oxygen atoms in total. The highest BCUT2D eigenvalue weighted by molar-refractivity contribution is 5.82. The molecule has 0 spiro atoms. The van der Waals surface area contributed by atoms with Crippen molar-refractivity contribution in [2.75, 3.05) is 78.6 Å². The van der Waals surface area contributed by atoms with E-state index in [2.05, 4.69) is 14.7 Å². The van der Waals surface area contributed by atoms with E-state index in [1.807, 2.05) is 32.6 Å². The molecule has 3 heterocycles. The lowest BCUT2D eigenvalue weighted by Gasteiger charge is -2.40. The Labute approximate surface area is 201 Å². The molecule has 0 aromatic rings. The predicted octanol–water partition coefficient (Wildman–Crippen LogP) is 2.20. The number of nitrogens with zero attached hydrogens (tertiary/aromatic N) is 4. The lowest BCUT2D eigenvalue weighted by Crippen LogP contribution is -2.50. The van der Waals surface area contributed by atoms with Gasteiger partial charge in [0.1, 0.15) is 12.4 Å². The minimum absolute atomic E-state index is 0.111. The molecule has 0 saturated carbocycles. The normalized spacial score (nSPS) is 23.0. The molecule has 0 aliphatic carbocycles. The second-order valence-electron chi connectivity index (χ2n) is 11.1. The number of likely N-dealkylation sites (tertiary alicyclic amines) is 2. The Bertz CT molecular complexity index is 603. The van der Waals surface area contributed by atoms with Gasteiger partial charge in [-0.05, 0) is 64.5 Å². The molecule has 190 valence electrons. The van der Waals surface area contributed by atoms with E-state index >= 15 is 0 Å². The van der Waals surface area contributed by atoms with Crippen LogP contribution < -0.4 is 0 Å². The number of carbonyl (C=O) groups is 2. The number of ether oxygens (including phenoxy) is 1. The molecule has 0 aromatic heterocycles. The Morgan fingerprint density at radius 2 is 1.21 bits per heavy atom. The third kappa shape index (κ3) is 8.93. The van der Waals surface area contributed by atoms with Crippen LogP contribution in [0.5, 0.6) is 0 Å². The molecule has 3 rings (SSSR count). The maximum absolute atomic E-state index is 12.3. The van der Waals surface area contributed by atoms with Crippen molar-refractivity contribution < 1.29 is 14.3 Å². The van der Waals surface area contributed by atoms with Crippen molar-refractivity contribution in [2.45, 2.75) is 59.5 Å². The molecule has 0 aromatic carbocycles. The summed E-state index contributed by atoms with van der Waals surface area (Å²) in [6, 6.07) is 0. The number of ketones is 1. The molecule has 0 bridgehead atoms. The molecule has 0 atom stereocenters. The molecule has 3 aliphatic rings. The molecule has 7 heteroatoms. The van der Waals surface area contributed by atoms with Gasteiger partial charge in [-0.25, -0.2) is 0 Å². The number of hydrogen-bond donors (Lipinski definition) is 0. The standard InChI is InChI=1S/C26H48N4O3/c1-21(2)25(31)19-29-15-13-28(14-16-29)18-23-5-9-27(10-6-23)17-24-7-11-30(12-8-24)26(32)20-33-22(3)4/h21-24H,5-20H2,1-4H3. The number of piperidine rings is 2. The fourth-order valence-corrected chi connectivity index (χ4v) is 5.31. The van der Waals surface area contributed by atoms with E-state index in [-0.39, 0.29) is 24.5 Å². The molecule has 0 radical (unpaired) electrons. The van der Waals surface area contributed by atoms with Gasteiger partial charge in [0.05, 0.1) is 12.6 Å². The smallest absolute Gasteiger partial charge is 0.248 e. The van der Waals surface area contributed by atoms with Crippen LogP contribution in [0, 0.1) is 17.8 Å². The van der Waals surface area contributed by atoms with Gasteiger partial charge < -0.3 is 19.4 Å². The number of Topliss-reactive ketones (excluding diaryl/α,β-unsaturated/α-hetero) is 1. The fraction of sp³-hybridized carbons (Fsp3) is 0.923. The maximum atomic E-state index is 12.3. The lowest BCUT2D eigenvalue weighted by molar-refractivity contribution is -0.139. The molecule has 3 saturated heterocycles. The average Bonchev–Trinajstić information content (AvgIpc) is 2.80.